The molecule has 4 nitrogen and oxygen atoms in total. The van der Waals surface area contributed by atoms with Crippen LogP contribution in [-0.2, 0) is 14.3 Å². The van der Waals surface area contributed by atoms with Gasteiger partial charge in [-0.25, -0.2) is 0 Å². The van der Waals surface area contributed by atoms with Crippen molar-refractivity contribution in [1.82, 2.24) is 4.90 Å². The molecular formula is C17H29NO3. The zero-order valence-corrected chi connectivity index (χ0v) is 13.3. The Morgan fingerprint density at radius 1 is 1.05 bits per heavy atom. The highest BCUT2D eigenvalue weighted by Crippen LogP contribution is 2.38. The van der Waals surface area contributed by atoms with Crippen LogP contribution in [0.4, 0.5) is 0 Å². The van der Waals surface area contributed by atoms with Crippen LogP contribution in [0, 0.1) is 11.8 Å². The molecule has 0 saturated heterocycles. The van der Waals surface area contributed by atoms with Gasteiger partial charge in [-0.15, -0.1) is 0 Å². The van der Waals surface area contributed by atoms with E-state index in [2.05, 4.69) is 0 Å². The number of hydrogen-bond donors (Lipinski definition) is 0. The summed E-state index contributed by atoms with van der Waals surface area (Å²) in [5, 5.41) is 0. The van der Waals surface area contributed by atoms with Gasteiger partial charge in [-0.3, -0.25) is 9.59 Å². The summed E-state index contributed by atoms with van der Waals surface area (Å²) in [6, 6.07) is 0.238. The fraction of sp³-hybridized carbons (Fsp3) is 0.882. The molecular weight excluding hydrogens is 266 g/mol. The SMILES string of the molecule is COC(=O)CN(C=O)C(C1CCCCC1)C1CCCCC1. The Bertz CT molecular complexity index is 315. The van der Waals surface area contributed by atoms with Gasteiger partial charge in [0.2, 0.25) is 6.41 Å². The van der Waals surface area contributed by atoms with Gasteiger partial charge < -0.3 is 9.64 Å². The molecule has 0 spiro atoms. The second-order valence-electron chi connectivity index (χ2n) is 6.64. The van der Waals surface area contributed by atoms with Crippen LogP contribution in [0.3, 0.4) is 0 Å². The van der Waals surface area contributed by atoms with Crippen molar-refractivity contribution < 1.29 is 14.3 Å². The summed E-state index contributed by atoms with van der Waals surface area (Å²) in [6.07, 6.45) is 13.4. The second kappa shape index (κ2) is 8.40. The van der Waals surface area contributed by atoms with Gasteiger partial charge in [0.05, 0.1) is 7.11 Å². The van der Waals surface area contributed by atoms with Crippen molar-refractivity contribution in [2.75, 3.05) is 13.7 Å². The van der Waals surface area contributed by atoms with Crippen LogP contribution in [0.15, 0.2) is 0 Å². The lowest BCUT2D eigenvalue weighted by Gasteiger charge is -2.42. The van der Waals surface area contributed by atoms with Gasteiger partial charge in [0, 0.05) is 6.04 Å². The van der Waals surface area contributed by atoms with Gasteiger partial charge in [-0.2, -0.15) is 0 Å². The number of amides is 1. The third-order valence-electron chi connectivity index (χ3n) is 5.32. The minimum absolute atomic E-state index is 0.109. The summed E-state index contributed by atoms with van der Waals surface area (Å²) >= 11 is 0. The van der Waals surface area contributed by atoms with Gasteiger partial charge in [0.1, 0.15) is 6.54 Å². The summed E-state index contributed by atoms with van der Waals surface area (Å²) < 4.78 is 4.77. The van der Waals surface area contributed by atoms with E-state index in [0.717, 1.165) is 6.41 Å². The van der Waals surface area contributed by atoms with Crippen molar-refractivity contribution in [1.29, 1.82) is 0 Å². The molecule has 21 heavy (non-hydrogen) atoms. The Morgan fingerprint density at radius 2 is 1.52 bits per heavy atom. The zero-order valence-electron chi connectivity index (χ0n) is 13.3. The lowest BCUT2D eigenvalue weighted by Crippen LogP contribution is -2.48. The smallest absolute Gasteiger partial charge is 0.325 e. The Balaban J connectivity index is 2.11. The largest absolute Gasteiger partial charge is 0.468 e. The first kappa shape index (κ1) is 16.3. The van der Waals surface area contributed by atoms with Gasteiger partial charge in [0.25, 0.3) is 0 Å². The molecule has 0 aromatic heterocycles. The van der Waals surface area contributed by atoms with E-state index in [0.29, 0.717) is 11.8 Å². The Labute approximate surface area is 128 Å². The van der Waals surface area contributed by atoms with E-state index < -0.39 is 0 Å². The molecule has 0 bridgehead atoms. The number of methoxy groups -OCH3 is 1. The molecule has 0 atom stereocenters. The van der Waals surface area contributed by atoms with Crippen molar-refractivity contribution in [3.05, 3.63) is 0 Å². The molecule has 0 aromatic rings. The van der Waals surface area contributed by atoms with Crippen LogP contribution in [0.25, 0.3) is 0 Å². The first-order chi connectivity index (χ1) is 10.3. The van der Waals surface area contributed by atoms with Crippen LogP contribution >= 0.6 is 0 Å². The zero-order chi connectivity index (χ0) is 15.1. The standard InChI is InChI=1S/C17H29NO3/c1-21-16(20)12-18(13-19)17(14-8-4-2-5-9-14)15-10-6-3-7-11-15/h13-15,17H,2-12H2,1H3. The van der Waals surface area contributed by atoms with Gasteiger partial charge in [-0.1, -0.05) is 38.5 Å². The van der Waals surface area contributed by atoms with Crippen LogP contribution in [0.2, 0.25) is 0 Å². The number of ether oxygens (including phenoxy) is 1. The molecule has 0 N–H and O–H groups in total. The fourth-order valence-electron chi connectivity index (χ4n) is 4.30. The number of hydrogen-bond acceptors (Lipinski definition) is 3. The Kier molecular flexibility index (Phi) is 6.52. The predicted octanol–water partition coefficient (Wildman–Crippen LogP) is 3.15. The molecule has 2 saturated carbocycles. The molecule has 1 amide bonds. The van der Waals surface area contributed by atoms with Crippen LogP contribution in [0.1, 0.15) is 64.2 Å². The normalized spacial score (nSPS) is 21.2. The van der Waals surface area contributed by atoms with E-state index in [4.69, 9.17) is 4.74 Å². The van der Waals surface area contributed by atoms with E-state index in [1.165, 1.54) is 71.3 Å². The van der Waals surface area contributed by atoms with E-state index in [-0.39, 0.29) is 18.6 Å². The Hall–Kier alpha value is -1.06. The highest BCUT2D eigenvalue weighted by atomic mass is 16.5. The molecule has 0 heterocycles. The maximum absolute atomic E-state index is 11.6. The van der Waals surface area contributed by atoms with E-state index in [1.807, 2.05) is 0 Å². The highest BCUT2D eigenvalue weighted by Gasteiger charge is 2.35. The van der Waals surface area contributed by atoms with Crippen molar-refractivity contribution in [2.45, 2.75) is 70.3 Å². The maximum Gasteiger partial charge on any atom is 0.325 e. The highest BCUT2D eigenvalue weighted by molar-refractivity contribution is 5.74. The first-order valence-corrected chi connectivity index (χ1v) is 8.54. The molecule has 4 heteroatoms. The van der Waals surface area contributed by atoms with Crippen LogP contribution < -0.4 is 0 Å². The van der Waals surface area contributed by atoms with Crippen molar-refractivity contribution >= 4 is 12.4 Å². The second-order valence-corrected chi connectivity index (χ2v) is 6.64. The van der Waals surface area contributed by atoms with E-state index in [9.17, 15) is 9.59 Å². The third kappa shape index (κ3) is 4.45. The molecule has 2 aliphatic carbocycles. The van der Waals surface area contributed by atoms with Crippen LogP contribution in [-0.4, -0.2) is 37.0 Å². The summed E-state index contributed by atoms with van der Waals surface area (Å²) in [7, 11) is 1.39. The molecule has 2 fully saturated rings. The maximum atomic E-state index is 11.6. The van der Waals surface area contributed by atoms with E-state index in [1.54, 1.807) is 4.90 Å². The van der Waals surface area contributed by atoms with Crippen molar-refractivity contribution in [3.8, 4) is 0 Å². The number of nitrogens with zero attached hydrogens (tertiary/aromatic N) is 1. The Morgan fingerprint density at radius 3 is 1.90 bits per heavy atom. The predicted molar refractivity (Wildman–Crippen MR) is 81.7 cm³/mol. The quantitative estimate of drug-likeness (QED) is 0.558. The average Bonchev–Trinajstić information content (AvgIpc) is 2.56. The average molecular weight is 295 g/mol. The molecule has 0 radical (unpaired) electrons. The van der Waals surface area contributed by atoms with Crippen LogP contribution in [0.5, 0.6) is 0 Å². The topological polar surface area (TPSA) is 46.6 Å². The molecule has 2 rings (SSSR count). The number of carbonyl (C=O) groups is 2. The van der Waals surface area contributed by atoms with Crippen molar-refractivity contribution in [3.63, 3.8) is 0 Å². The third-order valence-corrected chi connectivity index (χ3v) is 5.32. The summed E-state index contributed by atoms with van der Waals surface area (Å²) in [4.78, 5) is 25.0. The minimum atomic E-state index is -0.307. The summed E-state index contributed by atoms with van der Waals surface area (Å²) in [6.45, 7) is 0.109. The van der Waals surface area contributed by atoms with Gasteiger partial charge >= 0.3 is 5.97 Å². The lowest BCUT2D eigenvalue weighted by atomic mass is 9.73. The monoisotopic (exact) mass is 295 g/mol. The number of rotatable bonds is 6. The molecule has 0 unspecified atom stereocenters. The summed E-state index contributed by atoms with van der Waals surface area (Å²) in [5.74, 6) is 0.826. The molecule has 120 valence electrons. The lowest BCUT2D eigenvalue weighted by molar-refractivity contribution is -0.146. The number of esters is 1. The first-order valence-electron chi connectivity index (χ1n) is 8.54. The summed E-state index contributed by atoms with van der Waals surface area (Å²) in [5.41, 5.74) is 0. The van der Waals surface area contributed by atoms with E-state index >= 15 is 0 Å². The minimum Gasteiger partial charge on any atom is -0.468 e. The fourth-order valence-corrected chi connectivity index (χ4v) is 4.30. The van der Waals surface area contributed by atoms with Gasteiger partial charge in [-0.05, 0) is 37.5 Å². The molecule has 0 aliphatic heterocycles. The van der Waals surface area contributed by atoms with Gasteiger partial charge in [0.15, 0.2) is 0 Å². The van der Waals surface area contributed by atoms with Crippen molar-refractivity contribution in [2.24, 2.45) is 11.8 Å². The molecule has 0 aromatic carbocycles. The number of carbonyl (C=O) groups excluding carboxylic acids is 2. The molecule has 2 aliphatic rings.